The number of carboxylic acid groups (broad SMARTS) is 1. The van der Waals surface area contributed by atoms with Crippen LogP contribution in [-0.2, 0) is 9.53 Å². The van der Waals surface area contributed by atoms with Gasteiger partial charge in [0.05, 0.1) is 26.4 Å². The summed E-state index contributed by atoms with van der Waals surface area (Å²) >= 11 is 5.82. The molecule has 2 rings (SSSR count). The van der Waals surface area contributed by atoms with Gasteiger partial charge in [0.25, 0.3) is 0 Å². The quantitative estimate of drug-likeness (QED) is 0.837. The minimum atomic E-state index is -0.905. The van der Waals surface area contributed by atoms with Crippen molar-refractivity contribution in [1.29, 1.82) is 0 Å². The minimum absolute atomic E-state index is 0.00362. The standard InChI is InChI=1S/C11H15ClN4O4/c1-3-16(7-5-20-4-6(7)8(17)18)10-13-9(12)14-11(15-10)19-2/h6-7H,3-5H2,1-2H3,(H,17,18). The van der Waals surface area contributed by atoms with E-state index in [1.54, 1.807) is 4.90 Å². The van der Waals surface area contributed by atoms with Crippen LogP contribution in [0.4, 0.5) is 5.95 Å². The van der Waals surface area contributed by atoms with E-state index in [4.69, 9.17) is 21.1 Å². The molecule has 1 saturated heterocycles. The van der Waals surface area contributed by atoms with Gasteiger partial charge in [-0.3, -0.25) is 4.79 Å². The first kappa shape index (κ1) is 14.7. The maximum Gasteiger partial charge on any atom is 0.322 e. The van der Waals surface area contributed by atoms with E-state index in [1.165, 1.54) is 7.11 Å². The van der Waals surface area contributed by atoms with Crippen LogP contribution < -0.4 is 9.64 Å². The lowest BCUT2D eigenvalue weighted by molar-refractivity contribution is -0.141. The Bertz CT molecular complexity index is 501. The molecule has 0 radical (unpaired) electrons. The van der Waals surface area contributed by atoms with Crippen LogP contribution in [0.5, 0.6) is 6.01 Å². The van der Waals surface area contributed by atoms with E-state index in [0.717, 1.165) is 0 Å². The third kappa shape index (κ3) is 2.91. The summed E-state index contributed by atoms with van der Waals surface area (Å²) < 4.78 is 10.2. The van der Waals surface area contributed by atoms with Gasteiger partial charge in [-0.2, -0.15) is 15.0 Å². The first-order valence-corrected chi connectivity index (χ1v) is 6.47. The molecule has 2 unspecified atom stereocenters. The van der Waals surface area contributed by atoms with Crippen LogP contribution in [0.15, 0.2) is 0 Å². The van der Waals surface area contributed by atoms with Crippen LogP contribution in [-0.4, -0.2) is 58.9 Å². The summed E-state index contributed by atoms with van der Waals surface area (Å²) in [5.74, 6) is -1.25. The summed E-state index contributed by atoms with van der Waals surface area (Å²) in [5, 5.41) is 9.22. The zero-order chi connectivity index (χ0) is 14.7. The highest BCUT2D eigenvalue weighted by atomic mass is 35.5. The predicted octanol–water partition coefficient (Wildman–Crippen LogP) is 0.459. The Morgan fingerprint density at radius 3 is 2.85 bits per heavy atom. The molecule has 1 N–H and O–H groups in total. The highest BCUT2D eigenvalue weighted by Crippen LogP contribution is 2.25. The van der Waals surface area contributed by atoms with E-state index in [0.29, 0.717) is 13.2 Å². The molecule has 8 nitrogen and oxygen atoms in total. The van der Waals surface area contributed by atoms with Gasteiger partial charge in [-0.1, -0.05) is 0 Å². The number of nitrogens with zero attached hydrogens (tertiary/aromatic N) is 4. The Morgan fingerprint density at radius 1 is 1.50 bits per heavy atom. The third-order valence-corrected chi connectivity index (χ3v) is 3.29. The summed E-state index contributed by atoms with van der Waals surface area (Å²) in [6.07, 6.45) is 0. The lowest BCUT2D eigenvalue weighted by Gasteiger charge is -2.29. The first-order valence-electron chi connectivity index (χ1n) is 6.09. The number of ether oxygens (including phenoxy) is 2. The molecule has 0 aliphatic carbocycles. The van der Waals surface area contributed by atoms with Crippen LogP contribution in [0.3, 0.4) is 0 Å². The molecule has 1 fully saturated rings. The van der Waals surface area contributed by atoms with Crippen molar-refractivity contribution in [1.82, 2.24) is 15.0 Å². The number of aromatic nitrogens is 3. The van der Waals surface area contributed by atoms with E-state index in [1.807, 2.05) is 6.92 Å². The highest BCUT2D eigenvalue weighted by molar-refractivity contribution is 6.28. The molecule has 1 aliphatic rings. The fourth-order valence-corrected chi connectivity index (χ4v) is 2.30. The van der Waals surface area contributed by atoms with Crippen molar-refractivity contribution in [3.05, 3.63) is 5.28 Å². The lowest BCUT2D eigenvalue weighted by atomic mass is 10.0. The minimum Gasteiger partial charge on any atom is -0.481 e. The van der Waals surface area contributed by atoms with Gasteiger partial charge in [0, 0.05) is 6.54 Å². The number of carbonyl (C=O) groups is 1. The van der Waals surface area contributed by atoms with Gasteiger partial charge in [-0.15, -0.1) is 0 Å². The maximum absolute atomic E-state index is 11.2. The number of anilines is 1. The van der Waals surface area contributed by atoms with Crippen LogP contribution >= 0.6 is 11.6 Å². The summed E-state index contributed by atoms with van der Waals surface area (Å²) in [6, 6.07) is -0.259. The molecule has 0 aromatic carbocycles. The van der Waals surface area contributed by atoms with Crippen molar-refractivity contribution in [2.45, 2.75) is 13.0 Å². The van der Waals surface area contributed by atoms with Gasteiger partial charge in [0.15, 0.2) is 0 Å². The van der Waals surface area contributed by atoms with E-state index < -0.39 is 11.9 Å². The predicted molar refractivity (Wildman–Crippen MR) is 70.1 cm³/mol. The third-order valence-electron chi connectivity index (χ3n) is 3.12. The van der Waals surface area contributed by atoms with Crippen LogP contribution in [0.2, 0.25) is 5.28 Å². The topological polar surface area (TPSA) is 97.7 Å². The molecule has 1 aromatic heterocycles. The van der Waals surface area contributed by atoms with Crippen molar-refractivity contribution in [3.63, 3.8) is 0 Å². The zero-order valence-electron chi connectivity index (χ0n) is 11.1. The van der Waals surface area contributed by atoms with Crippen molar-refractivity contribution < 1.29 is 19.4 Å². The van der Waals surface area contributed by atoms with Gasteiger partial charge < -0.3 is 19.5 Å². The Morgan fingerprint density at radius 2 is 2.25 bits per heavy atom. The smallest absolute Gasteiger partial charge is 0.322 e. The van der Waals surface area contributed by atoms with Gasteiger partial charge >= 0.3 is 12.0 Å². The molecule has 20 heavy (non-hydrogen) atoms. The molecule has 1 aliphatic heterocycles. The summed E-state index contributed by atoms with van der Waals surface area (Å²) in [4.78, 5) is 24.9. The second kappa shape index (κ2) is 6.19. The number of methoxy groups -OCH3 is 1. The van der Waals surface area contributed by atoms with Crippen LogP contribution in [0, 0.1) is 5.92 Å². The molecule has 0 saturated carbocycles. The van der Waals surface area contributed by atoms with Crippen LogP contribution in [0.1, 0.15) is 6.92 Å². The van der Waals surface area contributed by atoms with Gasteiger partial charge in [-0.25, -0.2) is 0 Å². The molecular formula is C11H15ClN4O4. The molecule has 0 bridgehead atoms. The summed E-state index contributed by atoms with van der Waals surface area (Å²) in [6.45, 7) is 2.87. The average molecular weight is 303 g/mol. The number of rotatable bonds is 5. The molecule has 2 atom stereocenters. The summed E-state index contributed by atoms with van der Waals surface area (Å²) in [7, 11) is 1.42. The Hall–Kier alpha value is -1.67. The lowest BCUT2D eigenvalue weighted by Crippen LogP contribution is -2.44. The fourth-order valence-electron chi connectivity index (χ4n) is 2.15. The average Bonchev–Trinajstić information content (AvgIpc) is 2.88. The number of hydrogen-bond donors (Lipinski definition) is 1. The highest BCUT2D eigenvalue weighted by Gasteiger charge is 2.38. The molecule has 1 aromatic rings. The first-order chi connectivity index (χ1) is 9.56. The molecule has 0 spiro atoms. The molecule has 110 valence electrons. The SMILES string of the molecule is CCN(c1nc(Cl)nc(OC)n1)C1COCC1C(=O)O. The van der Waals surface area contributed by atoms with E-state index in [-0.39, 0.29) is 29.9 Å². The van der Waals surface area contributed by atoms with Crippen molar-refractivity contribution in [2.75, 3.05) is 31.8 Å². The number of aliphatic carboxylic acids is 1. The second-order valence-electron chi connectivity index (χ2n) is 4.23. The number of likely N-dealkylation sites (N-methyl/N-ethyl adjacent to an activating group) is 1. The largest absolute Gasteiger partial charge is 0.481 e. The maximum atomic E-state index is 11.2. The Kier molecular flexibility index (Phi) is 4.56. The van der Waals surface area contributed by atoms with Crippen molar-refractivity contribution in [3.8, 4) is 6.01 Å². The Labute approximate surface area is 120 Å². The zero-order valence-corrected chi connectivity index (χ0v) is 11.9. The van der Waals surface area contributed by atoms with Gasteiger partial charge in [-0.05, 0) is 18.5 Å². The van der Waals surface area contributed by atoms with Crippen molar-refractivity contribution in [2.24, 2.45) is 5.92 Å². The molecule has 0 amide bonds. The number of halogens is 1. The number of hydrogen-bond acceptors (Lipinski definition) is 7. The van der Waals surface area contributed by atoms with Crippen molar-refractivity contribution >= 4 is 23.5 Å². The molecular weight excluding hydrogens is 288 g/mol. The van der Waals surface area contributed by atoms with E-state index >= 15 is 0 Å². The van der Waals surface area contributed by atoms with E-state index in [9.17, 15) is 9.90 Å². The summed E-state index contributed by atoms with van der Waals surface area (Å²) in [5.41, 5.74) is 0. The van der Waals surface area contributed by atoms with Gasteiger partial charge in [0.2, 0.25) is 11.2 Å². The number of carboxylic acids is 1. The molecule has 2 heterocycles. The van der Waals surface area contributed by atoms with E-state index in [2.05, 4.69) is 15.0 Å². The Balaban J connectivity index is 2.32. The monoisotopic (exact) mass is 302 g/mol. The molecule has 9 heteroatoms. The fraction of sp³-hybridized carbons (Fsp3) is 0.636. The second-order valence-corrected chi connectivity index (χ2v) is 4.56. The van der Waals surface area contributed by atoms with Crippen LogP contribution in [0.25, 0.3) is 0 Å². The normalized spacial score (nSPS) is 21.8. The van der Waals surface area contributed by atoms with Gasteiger partial charge in [0.1, 0.15) is 5.92 Å².